The van der Waals surface area contributed by atoms with Gasteiger partial charge < -0.3 is 14.7 Å². The lowest BCUT2D eigenvalue weighted by Crippen LogP contribution is -2.53. The first-order chi connectivity index (χ1) is 13.0. The summed E-state index contributed by atoms with van der Waals surface area (Å²) in [5.74, 6) is 0.355. The van der Waals surface area contributed by atoms with Crippen molar-refractivity contribution < 1.29 is 9.59 Å². The van der Waals surface area contributed by atoms with Crippen molar-refractivity contribution in [2.75, 3.05) is 44.2 Å². The van der Waals surface area contributed by atoms with E-state index in [-0.39, 0.29) is 17.7 Å². The van der Waals surface area contributed by atoms with Crippen molar-refractivity contribution in [2.24, 2.45) is 5.92 Å². The van der Waals surface area contributed by atoms with Gasteiger partial charge in [0.1, 0.15) is 0 Å². The maximum atomic E-state index is 13.0. The standard InChI is InChI=1S/C20H26N4O2S/c1-14-5-6-17-18(12-14)27-20(21-17)24-7-3-4-16(13-24)19(26)23-10-8-22(9-11-23)15(2)25/h5-6,12,16H,3-4,7-11,13H2,1-2H3. The Balaban J connectivity index is 1.43. The minimum atomic E-state index is 0.0244. The van der Waals surface area contributed by atoms with Crippen molar-refractivity contribution in [1.82, 2.24) is 14.8 Å². The zero-order valence-electron chi connectivity index (χ0n) is 16.0. The average Bonchev–Trinajstić information content (AvgIpc) is 3.11. The fourth-order valence-corrected chi connectivity index (χ4v) is 5.11. The van der Waals surface area contributed by atoms with E-state index in [1.807, 2.05) is 9.80 Å². The number of amides is 2. The van der Waals surface area contributed by atoms with Crippen molar-refractivity contribution in [2.45, 2.75) is 26.7 Å². The quantitative estimate of drug-likeness (QED) is 0.796. The van der Waals surface area contributed by atoms with Crippen LogP contribution in [-0.2, 0) is 9.59 Å². The number of hydrogen-bond donors (Lipinski definition) is 0. The van der Waals surface area contributed by atoms with Crippen LogP contribution in [0.4, 0.5) is 5.13 Å². The molecule has 0 saturated carbocycles. The number of carbonyl (C=O) groups excluding carboxylic acids is 2. The Morgan fingerprint density at radius 2 is 1.85 bits per heavy atom. The highest BCUT2D eigenvalue weighted by Crippen LogP contribution is 2.32. The predicted molar refractivity (Wildman–Crippen MR) is 108 cm³/mol. The molecule has 1 aromatic carbocycles. The summed E-state index contributed by atoms with van der Waals surface area (Å²) >= 11 is 1.72. The molecule has 2 saturated heterocycles. The normalized spacial score (nSPS) is 21.0. The van der Waals surface area contributed by atoms with Gasteiger partial charge in [-0.3, -0.25) is 9.59 Å². The molecular formula is C20H26N4O2S. The number of aryl methyl sites for hydroxylation is 1. The molecule has 7 heteroatoms. The van der Waals surface area contributed by atoms with E-state index in [0.29, 0.717) is 26.2 Å². The summed E-state index contributed by atoms with van der Waals surface area (Å²) in [6, 6.07) is 6.35. The first-order valence-electron chi connectivity index (χ1n) is 9.68. The van der Waals surface area contributed by atoms with E-state index in [9.17, 15) is 9.59 Å². The molecular weight excluding hydrogens is 360 g/mol. The number of nitrogens with zero attached hydrogens (tertiary/aromatic N) is 4. The number of thiazole rings is 1. The Morgan fingerprint density at radius 3 is 2.59 bits per heavy atom. The Labute approximate surface area is 163 Å². The van der Waals surface area contributed by atoms with Crippen LogP contribution in [0.2, 0.25) is 0 Å². The fraction of sp³-hybridized carbons (Fsp3) is 0.550. The SMILES string of the molecule is CC(=O)N1CCN(C(=O)C2CCCN(c3nc4ccc(C)cc4s3)C2)CC1. The summed E-state index contributed by atoms with van der Waals surface area (Å²) in [5, 5.41) is 1.02. The molecule has 27 heavy (non-hydrogen) atoms. The maximum absolute atomic E-state index is 13.0. The third-order valence-corrected chi connectivity index (χ3v) is 6.69. The highest BCUT2D eigenvalue weighted by atomic mass is 32.1. The molecule has 2 fully saturated rings. The van der Waals surface area contributed by atoms with Crippen LogP contribution >= 0.6 is 11.3 Å². The van der Waals surface area contributed by atoms with Crippen LogP contribution in [0, 0.1) is 12.8 Å². The zero-order valence-corrected chi connectivity index (χ0v) is 16.8. The topological polar surface area (TPSA) is 56.8 Å². The van der Waals surface area contributed by atoms with Crippen molar-refractivity contribution in [3.05, 3.63) is 23.8 Å². The molecule has 1 aromatic heterocycles. The second kappa shape index (κ2) is 7.46. The second-order valence-corrected chi connectivity index (χ2v) is 8.59. The number of aromatic nitrogens is 1. The van der Waals surface area contributed by atoms with Gasteiger partial charge in [0.05, 0.1) is 16.1 Å². The summed E-state index contributed by atoms with van der Waals surface area (Å²) in [4.78, 5) is 35.3. The fourth-order valence-electron chi connectivity index (χ4n) is 4.01. The number of benzene rings is 1. The first-order valence-corrected chi connectivity index (χ1v) is 10.5. The van der Waals surface area contributed by atoms with Crippen LogP contribution in [0.3, 0.4) is 0 Å². The smallest absolute Gasteiger partial charge is 0.227 e. The van der Waals surface area contributed by atoms with Gasteiger partial charge in [0, 0.05) is 46.2 Å². The number of fused-ring (bicyclic) bond motifs is 1. The number of piperazine rings is 1. The van der Waals surface area contributed by atoms with E-state index in [4.69, 9.17) is 4.98 Å². The van der Waals surface area contributed by atoms with Crippen molar-refractivity contribution >= 4 is 38.5 Å². The highest BCUT2D eigenvalue weighted by molar-refractivity contribution is 7.22. The molecule has 6 nitrogen and oxygen atoms in total. The third kappa shape index (κ3) is 3.78. The summed E-state index contributed by atoms with van der Waals surface area (Å²) in [7, 11) is 0. The summed E-state index contributed by atoms with van der Waals surface area (Å²) in [5.41, 5.74) is 2.28. The summed E-state index contributed by atoms with van der Waals surface area (Å²) in [6.45, 7) is 7.98. The van der Waals surface area contributed by atoms with Gasteiger partial charge in [-0.1, -0.05) is 17.4 Å². The molecule has 1 atom stereocenters. The molecule has 2 aliphatic heterocycles. The van der Waals surface area contributed by atoms with Gasteiger partial charge in [0.15, 0.2) is 5.13 Å². The van der Waals surface area contributed by atoms with Crippen LogP contribution in [0.5, 0.6) is 0 Å². The lowest BCUT2D eigenvalue weighted by molar-refractivity contribution is -0.141. The van der Waals surface area contributed by atoms with Gasteiger partial charge in [0.25, 0.3) is 0 Å². The van der Waals surface area contributed by atoms with E-state index < -0.39 is 0 Å². The second-order valence-electron chi connectivity index (χ2n) is 7.58. The zero-order chi connectivity index (χ0) is 19.0. The third-order valence-electron chi connectivity index (χ3n) is 5.61. The number of carbonyl (C=O) groups is 2. The van der Waals surface area contributed by atoms with E-state index in [1.54, 1.807) is 18.3 Å². The maximum Gasteiger partial charge on any atom is 0.227 e. The average molecular weight is 387 g/mol. The van der Waals surface area contributed by atoms with Gasteiger partial charge in [0.2, 0.25) is 11.8 Å². The molecule has 0 bridgehead atoms. The van der Waals surface area contributed by atoms with Crippen molar-refractivity contribution in [1.29, 1.82) is 0 Å². The molecule has 2 amide bonds. The van der Waals surface area contributed by atoms with Crippen LogP contribution < -0.4 is 4.90 Å². The minimum absolute atomic E-state index is 0.0244. The molecule has 2 aromatic rings. The minimum Gasteiger partial charge on any atom is -0.347 e. The molecule has 2 aliphatic rings. The monoisotopic (exact) mass is 386 g/mol. The number of piperidine rings is 1. The molecule has 0 N–H and O–H groups in total. The predicted octanol–water partition coefficient (Wildman–Crippen LogP) is 2.51. The van der Waals surface area contributed by atoms with Crippen molar-refractivity contribution in [3.63, 3.8) is 0 Å². The summed E-state index contributed by atoms with van der Waals surface area (Å²) in [6.07, 6.45) is 1.95. The lowest BCUT2D eigenvalue weighted by atomic mass is 9.96. The van der Waals surface area contributed by atoms with E-state index >= 15 is 0 Å². The van der Waals surface area contributed by atoms with Gasteiger partial charge in [-0.15, -0.1) is 0 Å². The Morgan fingerprint density at radius 1 is 1.11 bits per heavy atom. The molecule has 4 rings (SSSR count). The molecule has 0 aliphatic carbocycles. The van der Waals surface area contributed by atoms with E-state index in [2.05, 4.69) is 30.0 Å². The Hall–Kier alpha value is -2.15. The van der Waals surface area contributed by atoms with E-state index in [1.165, 1.54) is 10.3 Å². The van der Waals surface area contributed by atoms with Crippen LogP contribution in [0.25, 0.3) is 10.2 Å². The first kappa shape index (κ1) is 18.2. The highest BCUT2D eigenvalue weighted by Gasteiger charge is 2.32. The Bertz CT molecular complexity index is 857. The summed E-state index contributed by atoms with van der Waals surface area (Å²) < 4.78 is 1.21. The van der Waals surface area contributed by atoms with Gasteiger partial charge in [-0.25, -0.2) is 4.98 Å². The van der Waals surface area contributed by atoms with Gasteiger partial charge >= 0.3 is 0 Å². The van der Waals surface area contributed by atoms with Crippen LogP contribution in [-0.4, -0.2) is 65.9 Å². The lowest BCUT2D eigenvalue weighted by Gasteiger charge is -2.38. The van der Waals surface area contributed by atoms with Crippen LogP contribution in [0.15, 0.2) is 18.2 Å². The number of hydrogen-bond acceptors (Lipinski definition) is 5. The molecule has 144 valence electrons. The van der Waals surface area contributed by atoms with Gasteiger partial charge in [-0.2, -0.15) is 0 Å². The van der Waals surface area contributed by atoms with Gasteiger partial charge in [-0.05, 0) is 37.5 Å². The molecule has 3 heterocycles. The van der Waals surface area contributed by atoms with E-state index in [0.717, 1.165) is 36.6 Å². The molecule has 1 unspecified atom stereocenters. The number of anilines is 1. The van der Waals surface area contributed by atoms with Crippen LogP contribution in [0.1, 0.15) is 25.3 Å². The Kier molecular flexibility index (Phi) is 5.04. The molecule has 0 spiro atoms. The number of rotatable bonds is 2. The van der Waals surface area contributed by atoms with Crippen molar-refractivity contribution in [3.8, 4) is 0 Å². The largest absolute Gasteiger partial charge is 0.347 e. The molecule has 0 radical (unpaired) electrons.